The second-order valence-electron chi connectivity index (χ2n) is 6.33. The summed E-state index contributed by atoms with van der Waals surface area (Å²) in [5.41, 5.74) is 1.08. The Bertz CT molecular complexity index is 681. The van der Waals surface area contributed by atoms with Gasteiger partial charge >= 0.3 is 0 Å². The van der Waals surface area contributed by atoms with E-state index in [1.54, 1.807) is 25.2 Å². The predicted octanol–water partition coefficient (Wildman–Crippen LogP) is 0.827. The van der Waals surface area contributed by atoms with Crippen LogP contribution in [0.1, 0.15) is 29.6 Å². The number of Topliss-reactive ketones (excluding diaryl/α,β-unsaturated/α-hetero) is 1. The van der Waals surface area contributed by atoms with Gasteiger partial charge in [0, 0.05) is 45.1 Å². The van der Waals surface area contributed by atoms with Crippen molar-refractivity contribution in [2.24, 2.45) is 0 Å². The fourth-order valence-electron chi connectivity index (χ4n) is 3.06. The van der Waals surface area contributed by atoms with Gasteiger partial charge in [0.2, 0.25) is 5.91 Å². The van der Waals surface area contributed by atoms with Crippen molar-refractivity contribution in [3.63, 3.8) is 0 Å². The Morgan fingerprint density at radius 3 is 2.88 bits per heavy atom. The lowest BCUT2D eigenvalue weighted by atomic mass is 10.0. The van der Waals surface area contributed by atoms with E-state index in [2.05, 4.69) is 5.32 Å². The molecule has 7 heteroatoms. The molecule has 25 heavy (non-hydrogen) atoms. The zero-order valence-corrected chi connectivity index (χ0v) is 14.4. The van der Waals surface area contributed by atoms with Crippen LogP contribution in [0.5, 0.6) is 5.75 Å². The van der Waals surface area contributed by atoms with E-state index in [0.29, 0.717) is 23.5 Å². The Hall–Kier alpha value is -2.41. The van der Waals surface area contributed by atoms with E-state index in [1.807, 2.05) is 4.90 Å². The van der Waals surface area contributed by atoms with Crippen LogP contribution < -0.4 is 15.0 Å². The molecule has 2 amide bonds. The number of fused-ring (bicyclic) bond motifs is 1. The summed E-state index contributed by atoms with van der Waals surface area (Å²) < 4.78 is 5.36. The second-order valence-corrected chi connectivity index (χ2v) is 6.33. The number of hydrogen-bond donors (Lipinski definition) is 1. The van der Waals surface area contributed by atoms with Crippen LogP contribution in [-0.4, -0.2) is 62.3 Å². The molecule has 134 valence electrons. The molecule has 0 spiro atoms. The highest BCUT2D eigenvalue weighted by Crippen LogP contribution is 2.32. The molecule has 0 unspecified atom stereocenters. The number of benzene rings is 1. The molecule has 0 atom stereocenters. The number of hydrogen-bond acceptors (Lipinski definition) is 5. The largest absolute Gasteiger partial charge is 0.482 e. The first-order valence-electron chi connectivity index (χ1n) is 8.61. The summed E-state index contributed by atoms with van der Waals surface area (Å²) in [6.07, 6.45) is 1.31. The zero-order valence-electron chi connectivity index (χ0n) is 14.4. The molecule has 3 rings (SSSR count). The SMILES string of the molecule is CN1C(=O)COc2ccc(C(=O)CCC(=O)N3CCCNCC3)cc21. The number of nitrogens with zero attached hydrogens (tertiary/aromatic N) is 2. The summed E-state index contributed by atoms with van der Waals surface area (Å²) >= 11 is 0. The molecular weight excluding hydrogens is 322 g/mol. The molecule has 2 aliphatic heterocycles. The minimum Gasteiger partial charge on any atom is -0.482 e. The average Bonchev–Trinajstić information content (AvgIpc) is 2.92. The van der Waals surface area contributed by atoms with Crippen LogP contribution in [0.2, 0.25) is 0 Å². The van der Waals surface area contributed by atoms with E-state index in [4.69, 9.17) is 4.74 Å². The van der Waals surface area contributed by atoms with Gasteiger partial charge in [-0.3, -0.25) is 14.4 Å². The molecule has 2 heterocycles. The number of ether oxygens (including phenoxy) is 1. The second kappa shape index (κ2) is 7.65. The lowest BCUT2D eigenvalue weighted by molar-refractivity contribution is -0.131. The van der Waals surface area contributed by atoms with Crippen molar-refractivity contribution < 1.29 is 19.1 Å². The summed E-state index contributed by atoms with van der Waals surface area (Å²) in [7, 11) is 1.66. The number of likely N-dealkylation sites (N-methyl/N-ethyl adjacent to an activating group) is 1. The molecule has 1 N–H and O–H groups in total. The van der Waals surface area contributed by atoms with E-state index < -0.39 is 0 Å². The van der Waals surface area contributed by atoms with E-state index in [9.17, 15) is 14.4 Å². The fourth-order valence-corrected chi connectivity index (χ4v) is 3.06. The number of amides is 2. The van der Waals surface area contributed by atoms with Crippen LogP contribution in [0, 0.1) is 0 Å². The van der Waals surface area contributed by atoms with Gasteiger partial charge in [0.15, 0.2) is 12.4 Å². The monoisotopic (exact) mass is 345 g/mol. The molecule has 0 bridgehead atoms. The maximum absolute atomic E-state index is 12.4. The van der Waals surface area contributed by atoms with Crippen molar-refractivity contribution in [2.45, 2.75) is 19.3 Å². The highest BCUT2D eigenvalue weighted by Gasteiger charge is 2.24. The Labute approximate surface area is 146 Å². The van der Waals surface area contributed by atoms with Gasteiger partial charge in [-0.2, -0.15) is 0 Å². The molecule has 1 saturated heterocycles. The molecule has 7 nitrogen and oxygen atoms in total. The summed E-state index contributed by atoms with van der Waals surface area (Å²) in [5, 5.41) is 3.25. The number of rotatable bonds is 4. The Kier molecular flexibility index (Phi) is 5.33. The third-order valence-corrected chi connectivity index (χ3v) is 4.63. The fraction of sp³-hybridized carbons (Fsp3) is 0.500. The van der Waals surface area contributed by atoms with Gasteiger partial charge in [0.25, 0.3) is 5.91 Å². The molecule has 0 radical (unpaired) electrons. The van der Waals surface area contributed by atoms with Gasteiger partial charge in [0.1, 0.15) is 5.75 Å². The minimum atomic E-state index is -0.151. The van der Waals surface area contributed by atoms with Gasteiger partial charge in [0.05, 0.1) is 5.69 Å². The molecule has 0 aliphatic carbocycles. The number of ketones is 1. The summed E-state index contributed by atoms with van der Waals surface area (Å²) in [5.74, 6) is 0.356. The Balaban J connectivity index is 1.61. The molecular formula is C18H23N3O4. The van der Waals surface area contributed by atoms with Gasteiger partial charge in [-0.15, -0.1) is 0 Å². The van der Waals surface area contributed by atoms with Crippen molar-refractivity contribution in [2.75, 3.05) is 44.7 Å². The van der Waals surface area contributed by atoms with Crippen LogP contribution in [0.4, 0.5) is 5.69 Å². The number of nitrogens with one attached hydrogen (secondary N) is 1. The standard InChI is InChI=1S/C18H23N3O4/c1-20-14-11-13(3-5-16(14)25-12-18(20)24)15(22)4-6-17(23)21-9-2-7-19-8-10-21/h3,5,11,19H,2,4,6-10,12H2,1H3. The number of carbonyl (C=O) groups is 3. The molecule has 0 saturated carbocycles. The topological polar surface area (TPSA) is 79.0 Å². The van der Waals surface area contributed by atoms with Gasteiger partial charge in [-0.1, -0.05) is 0 Å². The van der Waals surface area contributed by atoms with Crippen molar-refractivity contribution in [1.29, 1.82) is 0 Å². The first-order chi connectivity index (χ1) is 12.1. The highest BCUT2D eigenvalue weighted by atomic mass is 16.5. The smallest absolute Gasteiger partial charge is 0.264 e. The number of anilines is 1. The van der Waals surface area contributed by atoms with Gasteiger partial charge < -0.3 is 19.9 Å². The quantitative estimate of drug-likeness (QED) is 0.818. The molecule has 2 aliphatic rings. The summed E-state index contributed by atoms with van der Waals surface area (Å²) in [6.45, 7) is 3.16. The van der Waals surface area contributed by atoms with Crippen molar-refractivity contribution in [1.82, 2.24) is 10.2 Å². The lowest BCUT2D eigenvalue weighted by Crippen LogP contribution is -2.35. The predicted molar refractivity (Wildman–Crippen MR) is 93.0 cm³/mol. The maximum Gasteiger partial charge on any atom is 0.264 e. The summed E-state index contributed by atoms with van der Waals surface area (Å²) in [6, 6.07) is 5.05. The lowest BCUT2D eigenvalue weighted by Gasteiger charge is -2.26. The third kappa shape index (κ3) is 3.99. The van der Waals surface area contributed by atoms with E-state index in [-0.39, 0.29) is 37.0 Å². The zero-order chi connectivity index (χ0) is 17.8. The van der Waals surface area contributed by atoms with Crippen LogP contribution >= 0.6 is 0 Å². The van der Waals surface area contributed by atoms with Gasteiger partial charge in [-0.25, -0.2) is 0 Å². The minimum absolute atomic E-state index is 0.00991. The Morgan fingerprint density at radius 2 is 2.04 bits per heavy atom. The van der Waals surface area contributed by atoms with E-state index >= 15 is 0 Å². The highest BCUT2D eigenvalue weighted by molar-refractivity contribution is 6.02. The van der Waals surface area contributed by atoms with E-state index in [1.165, 1.54) is 4.90 Å². The van der Waals surface area contributed by atoms with Crippen molar-refractivity contribution >= 4 is 23.3 Å². The molecule has 0 aromatic heterocycles. The number of carbonyl (C=O) groups excluding carboxylic acids is 3. The Morgan fingerprint density at radius 1 is 1.20 bits per heavy atom. The van der Waals surface area contributed by atoms with Gasteiger partial charge in [-0.05, 0) is 31.2 Å². The maximum atomic E-state index is 12.4. The first kappa shape index (κ1) is 17.4. The van der Waals surface area contributed by atoms with Crippen molar-refractivity contribution in [3.8, 4) is 5.75 Å². The normalized spacial score (nSPS) is 17.6. The molecule has 1 aromatic carbocycles. The molecule has 1 aromatic rings. The van der Waals surface area contributed by atoms with Crippen molar-refractivity contribution in [3.05, 3.63) is 23.8 Å². The first-order valence-corrected chi connectivity index (χ1v) is 8.61. The summed E-state index contributed by atoms with van der Waals surface area (Å²) in [4.78, 5) is 39.8. The van der Waals surface area contributed by atoms with Crippen LogP contribution in [0.15, 0.2) is 18.2 Å². The van der Waals surface area contributed by atoms with Crippen LogP contribution in [0.25, 0.3) is 0 Å². The third-order valence-electron chi connectivity index (χ3n) is 4.63. The molecule has 1 fully saturated rings. The average molecular weight is 345 g/mol. The van der Waals surface area contributed by atoms with Crippen LogP contribution in [0.3, 0.4) is 0 Å². The van der Waals surface area contributed by atoms with Crippen LogP contribution in [-0.2, 0) is 9.59 Å². The van der Waals surface area contributed by atoms with E-state index in [0.717, 1.165) is 26.1 Å².